The number of carbonyl (C=O) groups is 1. The SMILES string of the molecule is COCCNC(=O)COc1cccc(C(C)=NO)c1. The van der Waals surface area contributed by atoms with Crippen LogP contribution in [0.4, 0.5) is 0 Å². The van der Waals surface area contributed by atoms with Crippen LogP contribution >= 0.6 is 0 Å². The van der Waals surface area contributed by atoms with Crippen LogP contribution in [-0.2, 0) is 9.53 Å². The highest BCUT2D eigenvalue weighted by Crippen LogP contribution is 2.13. The monoisotopic (exact) mass is 266 g/mol. The Hall–Kier alpha value is -2.08. The maximum atomic E-state index is 11.4. The number of hydrogen-bond donors (Lipinski definition) is 2. The fraction of sp³-hybridized carbons (Fsp3) is 0.385. The number of amides is 1. The Morgan fingerprint density at radius 1 is 1.47 bits per heavy atom. The lowest BCUT2D eigenvalue weighted by Crippen LogP contribution is -2.31. The van der Waals surface area contributed by atoms with Gasteiger partial charge in [0, 0.05) is 19.2 Å². The fourth-order valence-corrected chi connectivity index (χ4v) is 1.36. The summed E-state index contributed by atoms with van der Waals surface area (Å²) in [6.07, 6.45) is 0. The number of methoxy groups -OCH3 is 1. The summed E-state index contributed by atoms with van der Waals surface area (Å²) in [6.45, 7) is 2.53. The lowest BCUT2D eigenvalue weighted by atomic mass is 10.1. The largest absolute Gasteiger partial charge is 0.484 e. The van der Waals surface area contributed by atoms with Crippen molar-refractivity contribution >= 4 is 11.6 Å². The Morgan fingerprint density at radius 2 is 2.26 bits per heavy atom. The summed E-state index contributed by atoms with van der Waals surface area (Å²) in [5, 5.41) is 14.5. The normalized spacial score (nSPS) is 11.2. The Kier molecular flexibility index (Phi) is 6.38. The number of oxime groups is 1. The first-order valence-corrected chi connectivity index (χ1v) is 5.85. The van der Waals surface area contributed by atoms with Gasteiger partial charge in [-0.25, -0.2) is 0 Å². The molecule has 0 heterocycles. The zero-order valence-electron chi connectivity index (χ0n) is 11.0. The van der Waals surface area contributed by atoms with E-state index in [4.69, 9.17) is 14.7 Å². The minimum absolute atomic E-state index is 0.0670. The van der Waals surface area contributed by atoms with Crippen LogP contribution in [0.5, 0.6) is 5.75 Å². The summed E-state index contributed by atoms with van der Waals surface area (Å²) in [5.41, 5.74) is 1.22. The van der Waals surface area contributed by atoms with E-state index in [2.05, 4.69) is 10.5 Å². The van der Waals surface area contributed by atoms with Gasteiger partial charge in [-0.2, -0.15) is 0 Å². The predicted molar refractivity (Wildman–Crippen MR) is 70.8 cm³/mol. The van der Waals surface area contributed by atoms with Crippen molar-refractivity contribution < 1.29 is 19.5 Å². The number of ether oxygens (including phenoxy) is 2. The fourth-order valence-electron chi connectivity index (χ4n) is 1.36. The molecule has 104 valence electrons. The van der Waals surface area contributed by atoms with Gasteiger partial charge < -0.3 is 20.0 Å². The molecule has 1 rings (SSSR count). The van der Waals surface area contributed by atoms with Crippen LogP contribution in [0, 0.1) is 0 Å². The molecule has 0 saturated carbocycles. The van der Waals surface area contributed by atoms with E-state index < -0.39 is 0 Å². The first kappa shape index (κ1) is 15.0. The topological polar surface area (TPSA) is 80.2 Å². The number of benzene rings is 1. The van der Waals surface area contributed by atoms with E-state index in [-0.39, 0.29) is 12.5 Å². The summed E-state index contributed by atoms with van der Waals surface area (Å²) >= 11 is 0. The standard InChI is InChI=1S/C13H18N2O4/c1-10(15-17)11-4-3-5-12(8-11)19-9-13(16)14-6-7-18-2/h3-5,8,17H,6-7,9H2,1-2H3,(H,14,16). The third kappa shape index (κ3) is 5.39. The van der Waals surface area contributed by atoms with Crippen LogP contribution in [0.2, 0.25) is 0 Å². The molecule has 1 amide bonds. The molecule has 19 heavy (non-hydrogen) atoms. The van der Waals surface area contributed by atoms with Gasteiger partial charge in [-0.1, -0.05) is 17.3 Å². The molecule has 0 aromatic heterocycles. The van der Waals surface area contributed by atoms with Crippen molar-refractivity contribution in [2.24, 2.45) is 5.16 Å². The van der Waals surface area contributed by atoms with Crippen molar-refractivity contribution in [2.75, 3.05) is 26.9 Å². The molecule has 1 aromatic carbocycles. The Bertz CT molecular complexity index is 446. The van der Waals surface area contributed by atoms with Crippen LogP contribution in [-0.4, -0.2) is 43.7 Å². The first-order valence-electron chi connectivity index (χ1n) is 5.85. The van der Waals surface area contributed by atoms with Gasteiger partial charge in [0.1, 0.15) is 5.75 Å². The molecule has 0 unspecified atom stereocenters. The minimum atomic E-state index is -0.213. The van der Waals surface area contributed by atoms with Gasteiger partial charge in [-0.3, -0.25) is 4.79 Å². The van der Waals surface area contributed by atoms with E-state index in [0.717, 1.165) is 5.56 Å². The molecule has 0 radical (unpaired) electrons. The second-order valence-corrected chi connectivity index (χ2v) is 3.84. The number of carbonyl (C=O) groups excluding carboxylic acids is 1. The average molecular weight is 266 g/mol. The highest BCUT2D eigenvalue weighted by atomic mass is 16.5. The minimum Gasteiger partial charge on any atom is -0.484 e. The zero-order valence-corrected chi connectivity index (χ0v) is 11.0. The van der Waals surface area contributed by atoms with Gasteiger partial charge in [0.25, 0.3) is 5.91 Å². The van der Waals surface area contributed by atoms with Crippen LogP contribution in [0.25, 0.3) is 0 Å². The molecule has 2 N–H and O–H groups in total. The van der Waals surface area contributed by atoms with Gasteiger partial charge in [-0.15, -0.1) is 0 Å². The lowest BCUT2D eigenvalue weighted by molar-refractivity contribution is -0.123. The van der Waals surface area contributed by atoms with Gasteiger partial charge in [0.2, 0.25) is 0 Å². The molecule has 6 heteroatoms. The molecule has 0 aliphatic rings. The third-order valence-electron chi connectivity index (χ3n) is 2.40. The average Bonchev–Trinajstić information content (AvgIpc) is 2.45. The molecule has 6 nitrogen and oxygen atoms in total. The second-order valence-electron chi connectivity index (χ2n) is 3.84. The number of nitrogens with zero attached hydrogens (tertiary/aromatic N) is 1. The van der Waals surface area contributed by atoms with Crippen molar-refractivity contribution in [2.45, 2.75) is 6.92 Å². The van der Waals surface area contributed by atoms with Gasteiger partial charge >= 0.3 is 0 Å². The van der Waals surface area contributed by atoms with Gasteiger partial charge in [-0.05, 0) is 19.1 Å². The summed E-state index contributed by atoms with van der Waals surface area (Å²) < 4.78 is 10.2. The quantitative estimate of drug-likeness (QED) is 0.334. The van der Waals surface area contributed by atoms with Gasteiger partial charge in [0.05, 0.1) is 12.3 Å². The Morgan fingerprint density at radius 3 is 2.95 bits per heavy atom. The summed E-state index contributed by atoms with van der Waals surface area (Å²) in [6, 6.07) is 7.00. The molecular formula is C13H18N2O4. The first-order chi connectivity index (χ1) is 9.17. The number of rotatable bonds is 7. The Labute approximate surface area is 112 Å². The molecule has 1 aromatic rings. The van der Waals surface area contributed by atoms with E-state index in [1.807, 2.05) is 0 Å². The predicted octanol–water partition coefficient (Wildman–Crippen LogP) is 1.03. The molecule has 0 fully saturated rings. The number of nitrogens with one attached hydrogen (secondary N) is 1. The van der Waals surface area contributed by atoms with Crippen molar-refractivity contribution in [3.8, 4) is 5.75 Å². The summed E-state index contributed by atoms with van der Waals surface area (Å²) in [7, 11) is 1.57. The highest BCUT2D eigenvalue weighted by Gasteiger charge is 2.04. The van der Waals surface area contributed by atoms with Crippen LogP contribution in [0.1, 0.15) is 12.5 Å². The second kappa shape index (κ2) is 8.10. The third-order valence-corrected chi connectivity index (χ3v) is 2.40. The smallest absolute Gasteiger partial charge is 0.258 e. The van der Waals surface area contributed by atoms with E-state index >= 15 is 0 Å². The molecule has 0 spiro atoms. The lowest BCUT2D eigenvalue weighted by Gasteiger charge is -2.08. The van der Waals surface area contributed by atoms with Crippen molar-refractivity contribution in [1.29, 1.82) is 0 Å². The molecule has 0 atom stereocenters. The highest BCUT2D eigenvalue weighted by molar-refractivity contribution is 5.98. The maximum absolute atomic E-state index is 11.4. The van der Waals surface area contributed by atoms with Crippen LogP contribution in [0.3, 0.4) is 0 Å². The van der Waals surface area contributed by atoms with E-state index in [1.54, 1.807) is 38.3 Å². The molecule has 0 aliphatic carbocycles. The van der Waals surface area contributed by atoms with Crippen molar-refractivity contribution in [3.05, 3.63) is 29.8 Å². The zero-order chi connectivity index (χ0) is 14.1. The van der Waals surface area contributed by atoms with E-state index in [9.17, 15) is 4.79 Å². The van der Waals surface area contributed by atoms with Crippen molar-refractivity contribution in [1.82, 2.24) is 5.32 Å². The molecule has 0 bridgehead atoms. The summed E-state index contributed by atoms with van der Waals surface area (Å²) in [4.78, 5) is 11.4. The van der Waals surface area contributed by atoms with Crippen molar-refractivity contribution in [3.63, 3.8) is 0 Å². The molecule has 0 saturated heterocycles. The van der Waals surface area contributed by atoms with Crippen LogP contribution in [0.15, 0.2) is 29.4 Å². The summed E-state index contributed by atoms with van der Waals surface area (Å²) in [5.74, 6) is 0.331. The van der Waals surface area contributed by atoms with Crippen LogP contribution < -0.4 is 10.1 Å². The van der Waals surface area contributed by atoms with Gasteiger partial charge in [0.15, 0.2) is 6.61 Å². The maximum Gasteiger partial charge on any atom is 0.258 e. The number of hydrogen-bond acceptors (Lipinski definition) is 5. The molecular weight excluding hydrogens is 248 g/mol. The molecule has 0 aliphatic heterocycles. The Balaban J connectivity index is 2.47. The van der Waals surface area contributed by atoms with E-state index in [0.29, 0.717) is 24.6 Å². The van der Waals surface area contributed by atoms with E-state index in [1.165, 1.54) is 0 Å².